The van der Waals surface area contributed by atoms with E-state index in [0.29, 0.717) is 22.9 Å². The van der Waals surface area contributed by atoms with E-state index in [-0.39, 0.29) is 10.6 Å². The van der Waals surface area contributed by atoms with Crippen molar-refractivity contribution >= 4 is 17.3 Å². The van der Waals surface area contributed by atoms with Gasteiger partial charge in [0.25, 0.3) is 0 Å². The Labute approximate surface area is 136 Å². The van der Waals surface area contributed by atoms with Gasteiger partial charge in [-0.15, -0.1) is 11.3 Å². The smallest absolute Gasteiger partial charge is 0.347 e. The van der Waals surface area contributed by atoms with Crippen LogP contribution in [0.5, 0.6) is 5.75 Å². The molecule has 0 aliphatic carbocycles. The second kappa shape index (κ2) is 6.21. The summed E-state index contributed by atoms with van der Waals surface area (Å²) in [6.45, 7) is 2.38. The predicted molar refractivity (Wildman–Crippen MR) is 86.8 cm³/mol. The SMILES string of the molecule is Cc1nc(-c2ccn(CCc3ccc(O)cc3)n2)sc1C(=O)O. The number of hydrogen-bond donors (Lipinski definition) is 2. The number of phenols is 1. The summed E-state index contributed by atoms with van der Waals surface area (Å²) in [5.74, 6) is -0.707. The molecule has 0 saturated carbocycles. The summed E-state index contributed by atoms with van der Waals surface area (Å²) < 4.78 is 1.80. The lowest BCUT2D eigenvalue weighted by molar-refractivity contribution is 0.0701. The molecule has 3 rings (SSSR count). The molecule has 0 unspecified atom stereocenters. The van der Waals surface area contributed by atoms with E-state index in [1.54, 1.807) is 23.7 Å². The molecule has 2 N–H and O–H groups in total. The van der Waals surface area contributed by atoms with Crippen molar-refractivity contribution in [3.05, 3.63) is 52.7 Å². The Kier molecular flexibility index (Phi) is 4.12. The fraction of sp³-hybridized carbons (Fsp3) is 0.188. The molecule has 1 aromatic carbocycles. The molecule has 0 aliphatic heterocycles. The monoisotopic (exact) mass is 329 g/mol. The van der Waals surface area contributed by atoms with Crippen LogP contribution in [-0.4, -0.2) is 30.9 Å². The van der Waals surface area contributed by atoms with Crippen LogP contribution in [0.25, 0.3) is 10.7 Å². The van der Waals surface area contributed by atoms with Gasteiger partial charge in [-0.05, 0) is 37.1 Å². The average molecular weight is 329 g/mol. The zero-order valence-electron chi connectivity index (χ0n) is 12.4. The minimum atomic E-state index is -0.960. The van der Waals surface area contributed by atoms with Gasteiger partial charge in [0.15, 0.2) is 0 Å². The van der Waals surface area contributed by atoms with Crippen LogP contribution in [0.15, 0.2) is 36.5 Å². The van der Waals surface area contributed by atoms with Crippen molar-refractivity contribution < 1.29 is 15.0 Å². The second-order valence-electron chi connectivity index (χ2n) is 5.12. The predicted octanol–water partition coefficient (Wildman–Crippen LogP) is 2.96. The number of aromatic nitrogens is 3. The molecule has 2 aromatic heterocycles. The molecule has 0 bridgehead atoms. The molecule has 118 valence electrons. The normalized spacial score (nSPS) is 10.8. The number of carboxylic acid groups (broad SMARTS) is 1. The Morgan fingerprint density at radius 1 is 1.26 bits per heavy atom. The number of hydrogen-bond acceptors (Lipinski definition) is 5. The Bertz CT molecular complexity index is 837. The summed E-state index contributed by atoms with van der Waals surface area (Å²) in [6, 6.07) is 8.91. The Balaban J connectivity index is 1.71. The van der Waals surface area contributed by atoms with Gasteiger partial charge in [-0.1, -0.05) is 12.1 Å². The number of nitrogens with zero attached hydrogens (tertiary/aromatic N) is 3. The first-order valence-electron chi connectivity index (χ1n) is 7.05. The van der Waals surface area contributed by atoms with Crippen LogP contribution in [0.4, 0.5) is 0 Å². The van der Waals surface area contributed by atoms with E-state index in [1.807, 2.05) is 24.4 Å². The Hall–Kier alpha value is -2.67. The fourth-order valence-corrected chi connectivity index (χ4v) is 3.08. The van der Waals surface area contributed by atoms with E-state index >= 15 is 0 Å². The Morgan fingerprint density at radius 2 is 2.00 bits per heavy atom. The summed E-state index contributed by atoms with van der Waals surface area (Å²) in [6.07, 6.45) is 2.64. The number of aromatic carboxylic acids is 1. The third-order valence-corrected chi connectivity index (χ3v) is 4.58. The number of benzene rings is 1. The van der Waals surface area contributed by atoms with Crippen LogP contribution < -0.4 is 0 Å². The molecular weight excluding hydrogens is 314 g/mol. The van der Waals surface area contributed by atoms with Gasteiger partial charge in [0.05, 0.1) is 5.69 Å². The van der Waals surface area contributed by atoms with E-state index in [0.717, 1.165) is 23.3 Å². The van der Waals surface area contributed by atoms with Crippen LogP contribution in [0, 0.1) is 6.92 Å². The van der Waals surface area contributed by atoms with Crippen molar-refractivity contribution in [3.8, 4) is 16.5 Å². The standard InChI is InChI=1S/C16H15N3O3S/c1-10-14(16(21)22)23-15(17-10)13-7-9-19(18-13)8-6-11-2-4-12(20)5-3-11/h2-5,7,9,20H,6,8H2,1H3,(H,21,22). The molecule has 0 spiro atoms. The second-order valence-corrected chi connectivity index (χ2v) is 6.12. The highest BCUT2D eigenvalue weighted by Crippen LogP contribution is 2.26. The van der Waals surface area contributed by atoms with Crippen molar-refractivity contribution in [3.63, 3.8) is 0 Å². The molecule has 7 heteroatoms. The largest absolute Gasteiger partial charge is 0.508 e. The number of phenolic OH excluding ortho intramolecular Hbond substituents is 1. The summed E-state index contributed by atoms with van der Waals surface area (Å²) in [5, 5.41) is 23.4. The van der Waals surface area contributed by atoms with Gasteiger partial charge in [0, 0.05) is 12.7 Å². The van der Waals surface area contributed by atoms with Crippen LogP contribution in [0.2, 0.25) is 0 Å². The van der Waals surface area contributed by atoms with Crippen molar-refractivity contribution in [1.82, 2.24) is 14.8 Å². The van der Waals surface area contributed by atoms with Crippen molar-refractivity contribution in [2.45, 2.75) is 19.9 Å². The van der Waals surface area contributed by atoms with E-state index in [1.165, 1.54) is 0 Å². The molecule has 0 fully saturated rings. The number of carbonyl (C=O) groups is 1. The summed E-state index contributed by atoms with van der Waals surface area (Å²) in [4.78, 5) is 15.6. The highest BCUT2D eigenvalue weighted by Gasteiger charge is 2.16. The maximum absolute atomic E-state index is 11.1. The van der Waals surface area contributed by atoms with Gasteiger partial charge in [-0.25, -0.2) is 9.78 Å². The Morgan fingerprint density at radius 3 is 2.65 bits per heavy atom. The van der Waals surface area contributed by atoms with E-state index in [2.05, 4.69) is 10.1 Å². The molecule has 0 radical (unpaired) electrons. The number of thiazole rings is 1. The molecular formula is C16H15N3O3S. The summed E-state index contributed by atoms with van der Waals surface area (Å²) >= 11 is 1.14. The minimum absolute atomic E-state index is 0.249. The first-order valence-corrected chi connectivity index (χ1v) is 7.87. The number of carboxylic acids is 1. The van der Waals surface area contributed by atoms with Gasteiger partial charge >= 0.3 is 5.97 Å². The minimum Gasteiger partial charge on any atom is -0.508 e. The molecule has 3 aromatic rings. The maximum atomic E-state index is 11.1. The first kappa shape index (κ1) is 15.2. The third kappa shape index (κ3) is 3.40. The highest BCUT2D eigenvalue weighted by atomic mass is 32.1. The molecule has 0 amide bonds. The molecule has 23 heavy (non-hydrogen) atoms. The lowest BCUT2D eigenvalue weighted by Crippen LogP contribution is -2.01. The van der Waals surface area contributed by atoms with Crippen LogP contribution in [0.1, 0.15) is 20.9 Å². The van der Waals surface area contributed by atoms with Gasteiger partial charge in [0.2, 0.25) is 0 Å². The van der Waals surface area contributed by atoms with Gasteiger partial charge in [-0.2, -0.15) is 5.10 Å². The number of aryl methyl sites for hydroxylation is 3. The molecule has 2 heterocycles. The number of aromatic hydroxyl groups is 1. The van der Waals surface area contributed by atoms with Gasteiger partial charge in [0.1, 0.15) is 21.3 Å². The van der Waals surface area contributed by atoms with Crippen molar-refractivity contribution in [2.24, 2.45) is 0 Å². The van der Waals surface area contributed by atoms with Crippen molar-refractivity contribution in [2.75, 3.05) is 0 Å². The highest BCUT2D eigenvalue weighted by molar-refractivity contribution is 7.17. The van der Waals surface area contributed by atoms with Gasteiger partial charge in [-0.3, -0.25) is 4.68 Å². The van der Waals surface area contributed by atoms with Crippen molar-refractivity contribution in [1.29, 1.82) is 0 Å². The quantitative estimate of drug-likeness (QED) is 0.751. The van der Waals surface area contributed by atoms with Crippen LogP contribution in [-0.2, 0) is 13.0 Å². The zero-order chi connectivity index (χ0) is 16.4. The van der Waals surface area contributed by atoms with Crippen LogP contribution in [0.3, 0.4) is 0 Å². The zero-order valence-corrected chi connectivity index (χ0v) is 13.2. The molecule has 0 saturated heterocycles. The summed E-state index contributed by atoms with van der Waals surface area (Å²) in [5.41, 5.74) is 2.30. The maximum Gasteiger partial charge on any atom is 0.347 e. The fourth-order valence-electron chi connectivity index (χ4n) is 2.21. The lowest BCUT2D eigenvalue weighted by atomic mass is 10.1. The molecule has 0 atom stereocenters. The third-order valence-electron chi connectivity index (χ3n) is 3.42. The topological polar surface area (TPSA) is 88.2 Å². The average Bonchev–Trinajstić information content (AvgIpc) is 3.13. The van der Waals surface area contributed by atoms with E-state index in [4.69, 9.17) is 5.11 Å². The molecule has 0 aliphatic rings. The summed E-state index contributed by atoms with van der Waals surface area (Å²) in [7, 11) is 0. The number of rotatable bonds is 5. The van der Waals surface area contributed by atoms with Gasteiger partial charge < -0.3 is 10.2 Å². The first-order chi connectivity index (χ1) is 11.0. The molecule has 6 nitrogen and oxygen atoms in total. The van der Waals surface area contributed by atoms with E-state index in [9.17, 15) is 9.90 Å². The van der Waals surface area contributed by atoms with E-state index < -0.39 is 5.97 Å². The van der Waals surface area contributed by atoms with Crippen LogP contribution >= 0.6 is 11.3 Å². The lowest BCUT2D eigenvalue weighted by Gasteiger charge is -2.02.